The molecule has 114 valence electrons. The van der Waals surface area contributed by atoms with Crippen LogP contribution in [0.1, 0.15) is 50.4 Å². The lowest BCUT2D eigenvalue weighted by molar-refractivity contribution is 0.0939. The van der Waals surface area contributed by atoms with Crippen LogP contribution in [-0.2, 0) is 7.05 Å². The summed E-state index contributed by atoms with van der Waals surface area (Å²) in [5, 5.41) is 4.14. The highest BCUT2D eigenvalue weighted by Gasteiger charge is 2.13. The first kappa shape index (κ1) is 15.6. The Hall–Kier alpha value is -1.77. The minimum atomic E-state index is 0.0313. The first-order chi connectivity index (χ1) is 9.99. The van der Waals surface area contributed by atoms with E-state index >= 15 is 0 Å². The second kappa shape index (κ2) is 6.79. The van der Waals surface area contributed by atoms with Crippen LogP contribution >= 0.6 is 0 Å². The summed E-state index contributed by atoms with van der Waals surface area (Å²) >= 11 is 0. The van der Waals surface area contributed by atoms with Crippen molar-refractivity contribution in [2.24, 2.45) is 13.0 Å². The molecule has 0 spiro atoms. The second-order valence-corrected chi connectivity index (χ2v) is 6.36. The molecule has 0 radical (unpaired) electrons. The van der Waals surface area contributed by atoms with E-state index in [9.17, 15) is 4.79 Å². The Morgan fingerprint density at radius 1 is 1.19 bits per heavy atom. The fourth-order valence-electron chi connectivity index (χ4n) is 2.71. The van der Waals surface area contributed by atoms with E-state index in [1.54, 1.807) is 0 Å². The Kier molecular flexibility index (Phi) is 5.05. The third-order valence-electron chi connectivity index (χ3n) is 3.97. The van der Waals surface area contributed by atoms with E-state index in [1.165, 1.54) is 6.42 Å². The van der Waals surface area contributed by atoms with Gasteiger partial charge in [-0.2, -0.15) is 0 Å². The number of aryl methyl sites for hydroxylation is 1. The fraction of sp³-hybridized carbons (Fsp3) is 0.500. The predicted octanol–water partition coefficient (Wildman–Crippen LogP) is 4.12. The van der Waals surface area contributed by atoms with E-state index < -0.39 is 0 Å². The number of nitrogens with zero attached hydrogens (tertiary/aromatic N) is 1. The molecular weight excluding hydrogens is 260 g/mol. The molecule has 1 N–H and O–H groups in total. The summed E-state index contributed by atoms with van der Waals surface area (Å²) < 4.78 is 2.04. The highest BCUT2D eigenvalue weighted by atomic mass is 16.1. The Morgan fingerprint density at radius 2 is 1.95 bits per heavy atom. The first-order valence-electron chi connectivity index (χ1n) is 7.84. The summed E-state index contributed by atoms with van der Waals surface area (Å²) in [7, 11) is 2.00. The van der Waals surface area contributed by atoms with Crippen molar-refractivity contribution >= 4 is 16.8 Å². The quantitative estimate of drug-likeness (QED) is 0.851. The molecule has 0 saturated carbocycles. The van der Waals surface area contributed by atoms with Crippen LogP contribution in [0.15, 0.2) is 30.5 Å². The van der Waals surface area contributed by atoms with E-state index in [0.29, 0.717) is 0 Å². The number of hydrogen-bond donors (Lipinski definition) is 1. The van der Waals surface area contributed by atoms with Crippen LogP contribution in [0.4, 0.5) is 0 Å². The average Bonchev–Trinajstić information content (AvgIpc) is 2.80. The Bertz CT molecular complexity index is 613. The Labute approximate surface area is 127 Å². The molecule has 2 rings (SSSR count). The summed E-state index contributed by atoms with van der Waals surface area (Å²) in [6.07, 6.45) is 5.41. The van der Waals surface area contributed by atoms with E-state index in [4.69, 9.17) is 0 Å². The number of aromatic nitrogens is 1. The molecule has 1 aromatic carbocycles. The number of rotatable bonds is 6. The van der Waals surface area contributed by atoms with Gasteiger partial charge in [0.15, 0.2) is 0 Å². The number of carbonyl (C=O) groups excluding carboxylic acids is 1. The molecular formula is C18H26N2O. The molecule has 3 nitrogen and oxygen atoms in total. The van der Waals surface area contributed by atoms with Gasteiger partial charge in [-0.25, -0.2) is 0 Å². The van der Waals surface area contributed by atoms with Gasteiger partial charge in [0.05, 0.1) is 0 Å². The Morgan fingerprint density at radius 3 is 2.67 bits per heavy atom. The molecule has 1 heterocycles. The molecule has 0 unspecified atom stereocenters. The first-order valence-corrected chi connectivity index (χ1v) is 7.84. The molecule has 0 aliphatic rings. The van der Waals surface area contributed by atoms with Gasteiger partial charge in [-0.15, -0.1) is 0 Å². The lowest BCUT2D eigenvalue weighted by Gasteiger charge is -2.15. The van der Waals surface area contributed by atoms with Gasteiger partial charge in [0.2, 0.25) is 0 Å². The van der Waals surface area contributed by atoms with Crippen molar-refractivity contribution in [3.8, 4) is 0 Å². The maximum Gasteiger partial charge on any atom is 0.252 e. The third kappa shape index (κ3) is 3.87. The molecule has 0 saturated heterocycles. The van der Waals surface area contributed by atoms with Crippen molar-refractivity contribution in [2.45, 2.75) is 46.1 Å². The molecule has 2 aromatic rings. The molecule has 1 atom stereocenters. The number of benzene rings is 1. The van der Waals surface area contributed by atoms with Gasteiger partial charge in [0.1, 0.15) is 0 Å². The number of fused-ring (bicyclic) bond motifs is 1. The molecule has 3 heteroatoms. The fourth-order valence-corrected chi connectivity index (χ4v) is 2.71. The summed E-state index contributed by atoms with van der Waals surface area (Å²) in [6, 6.07) is 8.11. The summed E-state index contributed by atoms with van der Waals surface area (Å²) in [5.74, 6) is 0.759. The van der Waals surface area contributed by atoms with Crippen LogP contribution in [0, 0.1) is 5.92 Å². The van der Waals surface area contributed by atoms with Crippen molar-refractivity contribution < 1.29 is 4.79 Å². The molecule has 1 aromatic heterocycles. The van der Waals surface area contributed by atoms with Crippen LogP contribution in [0.3, 0.4) is 0 Å². The summed E-state index contributed by atoms with van der Waals surface area (Å²) in [4.78, 5) is 12.5. The molecule has 1 amide bonds. The topological polar surface area (TPSA) is 34.0 Å². The van der Waals surface area contributed by atoms with Crippen molar-refractivity contribution in [3.63, 3.8) is 0 Å². The largest absolute Gasteiger partial charge is 0.351 e. The highest BCUT2D eigenvalue weighted by Crippen LogP contribution is 2.19. The smallest absolute Gasteiger partial charge is 0.252 e. The molecule has 0 fully saturated rings. The highest BCUT2D eigenvalue weighted by molar-refractivity contribution is 6.06. The lowest BCUT2D eigenvalue weighted by atomic mass is 10.0. The van der Waals surface area contributed by atoms with Gasteiger partial charge in [0.25, 0.3) is 5.91 Å². The second-order valence-electron chi connectivity index (χ2n) is 6.36. The minimum absolute atomic E-state index is 0.0313. The van der Waals surface area contributed by atoms with Crippen molar-refractivity contribution in [2.75, 3.05) is 0 Å². The number of carbonyl (C=O) groups is 1. The van der Waals surface area contributed by atoms with E-state index in [0.717, 1.165) is 35.2 Å². The standard InChI is InChI=1S/C18H26N2O/c1-13(2)7-5-8-14(3)19-18(21)16-9-6-10-17-15(16)11-12-20(17)4/h6,9-14H,5,7-8H2,1-4H3,(H,19,21)/t14-/m1/s1. The zero-order valence-electron chi connectivity index (χ0n) is 13.5. The van der Waals surface area contributed by atoms with Crippen LogP contribution in [0.2, 0.25) is 0 Å². The summed E-state index contributed by atoms with van der Waals surface area (Å²) in [6.45, 7) is 6.56. The van der Waals surface area contributed by atoms with Crippen molar-refractivity contribution in [3.05, 3.63) is 36.0 Å². The van der Waals surface area contributed by atoms with Gasteiger partial charge < -0.3 is 9.88 Å². The van der Waals surface area contributed by atoms with Gasteiger partial charge in [-0.05, 0) is 37.5 Å². The molecule has 21 heavy (non-hydrogen) atoms. The number of amides is 1. The van der Waals surface area contributed by atoms with Crippen molar-refractivity contribution in [1.82, 2.24) is 9.88 Å². The summed E-state index contributed by atoms with van der Waals surface area (Å²) in [5.41, 5.74) is 1.86. The Balaban J connectivity index is 2.02. The van der Waals surface area contributed by atoms with E-state index in [-0.39, 0.29) is 11.9 Å². The minimum Gasteiger partial charge on any atom is -0.351 e. The van der Waals surface area contributed by atoms with Crippen molar-refractivity contribution in [1.29, 1.82) is 0 Å². The number of nitrogens with one attached hydrogen (secondary N) is 1. The van der Waals surface area contributed by atoms with Crippen LogP contribution in [-0.4, -0.2) is 16.5 Å². The van der Waals surface area contributed by atoms with E-state index in [2.05, 4.69) is 26.1 Å². The van der Waals surface area contributed by atoms with Gasteiger partial charge in [-0.1, -0.05) is 32.8 Å². The normalized spacial score (nSPS) is 12.8. The number of hydrogen-bond acceptors (Lipinski definition) is 1. The lowest BCUT2D eigenvalue weighted by Crippen LogP contribution is -2.32. The van der Waals surface area contributed by atoms with Gasteiger partial charge >= 0.3 is 0 Å². The zero-order chi connectivity index (χ0) is 15.4. The van der Waals surface area contributed by atoms with Gasteiger partial charge in [-0.3, -0.25) is 4.79 Å². The average molecular weight is 286 g/mol. The maximum absolute atomic E-state index is 12.5. The van der Waals surface area contributed by atoms with Crippen LogP contribution in [0.25, 0.3) is 10.9 Å². The zero-order valence-corrected chi connectivity index (χ0v) is 13.5. The molecule has 0 aliphatic heterocycles. The SMILES string of the molecule is CC(C)CCC[C@@H](C)NC(=O)c1cccc2c1ccn2C. The molecule has 0 aliphatic carbocycles. The predicted molar refractivity (Wildman–Crippen MR) is 88.5 cm³/mol. The van der Waals surface area contributed by atoms with E-state index in [1.807, 2.05) is 42.1 Å². The van der Waals surface area contributed by atoms with Crippen LogP contribution < -0.4 is 5.32 Å². The van der Waals surface area contributed by atoms with Crippen LogP contribution in [0.5, 0.6) is 0 Å². The van der Waals surface area contributed by atoms with Gasteiger partial charge in [0, 0.05) is 35.8 Å². The monoisotopic (exact) mass is 286 g/mol. The maximum atomic E-state index is 12.5. The third-order valence-corrected chi connectivity index (χ3v) is 3.97. The molecule has 0 bridgehead atoms.